The van der Waals surface area contributed by atoms with Crippen LogP contribution in [0, 0.1) is 0 Å². The van der Waals surface area contributed by atoms with Gasteiger partial charge in [-0.15, -0.1) is 0 Å². The lowest BCUT2D eigenvalue weighted by atomic mass is 9.79. The summed E-state index contributed by atoms with van der Waals surface area (Å²) in [6, 6.07) is 49.3. The Balaban J connectivity index is 1.23. The molecule has 0 saturated carbocycles. The highest BCUT2D eigenvalue weighted by atomic mass is 16.6. The van der Waals surface area contributed by atoms with Gasteiger partial charge in [-0.05, 0) is 97.2 Å². The molecular weight excluding hydrogens is 813 g/mol. The normalized spacial score (nSPS) is 15.6. The summed E-state index contributed by atoms with van der Waals surface area (Å²) in [5, 5.41) is 7.42. The van der Waals surface area contributed by atoms with Gasteiger partial charge >= 0.3 is 17.9 Å². The minimum Gasteiger partial charge on any atom is -0.459 e. The van der Waals surface area contributed by atoms with Crippen LogP contribution < -0.4 is 10.6 Å². The average molecular weight is 869 g/mol. The van der Waals surface area contributed by atoms with Gasteiger partial charge < -0.3 is 14.2 Å². The van der Waals surface area contributed by atoms with E-state index in [0.717, 1.165) is 55.6 Å². The Labute approximate surface area is 381 Å². The molecule has 9 heteroatoms. The van der Waals surface area contributed by atoms with Crippen molar-refractivity contribution in [3.8, 4) is 22.3 Å². The van der Waals surface area contributed by atoms with Gasteiger partial charge in [-0.25, -0.2) is 0 Å². The Kier molecular flexibility index (Phi) is 12.2. The second-order valence-electron chi connectivity index (χ2n) is 18.9. The third-order valence-electron chi connectivity index (χ3n) is 12.0. The number of hydrogen-bond acceptors (Lipinski definition) is 9. The van der Waals surface area contributed by atoms with Crippen LogP contribution in [0.3, 0.4) is 0 Å². The molecule has 9 nitrogen and oxygen atoms in total. The molecule has 0 saturated heterocycles. The van der Waals surface area contributed by atoms with Crippen molar-refractivity contribution in [3.63, 3.8) is 0 Å². The zero-order chi connectivity index (χ0) is 46.1. The van der Waals surface area contributed by atoms with Crippen LogP contribution in [0.25, 0.3) is 22.3 Å². The summed E-state index contributed by atoms with van der Waals surface area (Å²) in [7, 11) is 0. The molecule has 6 aromatic carbocycles. The Morgan fingerprint density at radius 3 is 1.15 bits per heavy atom. The van der Waals surface area contributed by atoms with Crippen LogP contribution in [0.15, 0.2) is 158 Å². The van der Waals surface area contributed by atoms with Crippen molar-refractivity contribution in [3.05, 3.63) is 191 Å². The molecular formula is C56H56N2O7. The summed E-state index contributed by atoms with van der Waals surface area (Å²) in [4.78, 5) is 57.6. The van der Waals surface area contributed by atoms with E-state index in [1.54, 1.807) is 41.5 Å². The van der Waals surface area contributed by atoms with Crippen molar-refractivity contribution in [2.75, 3.05) is 0 Å². The summed E-state index contributed by atoms with van der Waals surface area (Å²) in [5.41, 5.74) is 5.29. The van der Waals surface area contributed by atoms with Crippen LogP contribution in [-0.4, -0.2) is 53.1 Å². The highest BCUT2D eigenvalue weighted by molar-refractivity contribution is 5.92. The molecule has 0 aliphatic heterocycles. The van der Waals surface area contributed by atoms with Crippen LogP contribution in [0.2, 0.25) is 0 Å². The van der Waals surface area contributed by atoms with Crippen LogP contribution in [0.5, 0.6) is 0 Å². The second-order valence-corrected chi connectivity index (χ2v) is 18.9. The van der Waals surface area contributed by atoms with E-state index in [1.807, 2.05) is 133 Å². The summed E-state index contributed by atoms with van der Waals surface area (Å²) in [5.74, 6) is -2.60. The predicted molar refractivity (Wildman–Crippen MR) is 252 cm³/mol. The molecule has 332 valence electrons. The van der Waals surface area contributed by atoms with E-state index in [1.165, 1.54) is 6.92 Å². The zero-order valence-electron chi connectivity index (χ0n) is 38.0. The van der Waals surface area contributed by atoms with Crippen LogP contribution in [0.4, 0.5) is 0 Å². The molecule has 2 N–H and O–H groups in total. The van der Waals surface area contributed by atoms with E-state index in [2.05, 4.69) is 34.9 Å². The first-order valence-electron chi connectivity index (χ1n) is 22.2. The molecule has 65 heavy (non-hydrogen) atoms. The maximum Gasteiger partial charge on any atom is 0.324 e. The van der Waals surface area contributed by atoms with E-state index in [9.17, 15) is 14.4 Å². The molecule has 3 atom stereocenters. The number of ether oxygens (including phenoxy) is 3. The number of nitrogens with one attached hydrogen (secondary N) is 2. The van der Waals surface area contributed by atoms with Crippen molar-refractivity contribution >= 4 is 23.7 Å². The van der Waals surface area contributed by atoms with Gasteiger partial charge in [-0.1, -0.05) is 158 Å². The first kappa shape index (κ1) is 44.9. The fourth-order valence-corrected chi connectivity index (χ4v) is 9.61. The van der Waals surface area contributed by atoms with Crippen LogP contribution >= 0.6 is 0 Å². The number of Topliss-reactive ketones (excluding diaryl/α,β-unsaturated/α-hetero) is 1. The third kappa shape index (κ3) is 8.78. The van der Waals surface area contributed by atoms with Gasteiger partial charge in [0.25, 0.3) is 0 Å². The maximum absolute atomic E-state index is 15.2. The van der Waals surface area contributed by atoms with Crippen molar-refractivity contribution in [1.29, 1.82) is 0 Å². The highest BCUT2D eigenvalue weighted by Gasteiger charge is 2.50. The molecule has 0 radical (unpaired) electrons. The topological polar surface area (TPSA) is 120 Å². The number of benzene rings is 6. The largest absolute Gasteiger partial charge is 0.459 e. The molecule has 0 heterocycles. The van der Waals surface area contributed by atoms with E-state index in [-0.39, 0.29) is 6.42 Å². The number of rotatable bonds is 14. The van der Waals surface area contributed by atoms with Gasteiger partial charge in [0.05, 0.1) is 11.1 Å². The van der Waals surface area contributed by atoms with E-state index < -0.39 is 70.6 Å². The Morgan fingerprint density at radius 1 is 0.477 bits per heavy atom. The smallest absolute Gasteiger partial charge is 0.324 e. The van der Waals surface area contributed by atoms with Crippen molar-refractivity contribution in [2.24, 2.45) is 0 Å². The first-order valence-corrected chi connectivity index (χ1v) is 22.2. The van der Waals surface area contributed by atoms with Crippen LogP contribution in [0.1, 0.15) is 94.7 Å². The number of carbonyl (C=O) groups excluding carboxylic acids is 4. The van der Waals surface area contributed by atoms with Gasteiger partial charge in [0.15, 0.2) is 11.9 Å². The number of ketones is 1. The van der Waals surface area contributed by atoms with Crippen molar-refractivity contribution in [2.45, 2.75) is 102 Å². The molecule has 2 aliphatic rings. The zero-order valence-corrected chi connectivity index (χ0v) is 38.0. The minimum absolute atomic E-state index is 0.303. The quantitative estimate of drug-likeness (QED) is 0.0815. The van der Waals surface area contributed by atoms with Crippen molar-refractivity contribution in [1.82, 2.24) is 10.6 Å². The molecule has 0 amide bonds. The SMILES string of the molecule is CC(=O)OC(C[C@H](NC1(c2ccccc2)c2ccccc2-c2ccccc21)C(=O)OC(C)(C)C)C(=O)C[C@H](NC1(c2ccccc2)c2ccccc2-c2ccccc21)C(=O)OC(C)(C)C. The summed E-state index contributed by atoms with van der Waals surface area (Å²) in [6.07, 6.45) is -2.23. The maximum atomic E-state index is 15.2. The highest BCUT2D eigenvalue weighted by Crippen LogP contribution is 2.53. The minimum atomic E-state index is -1.49. The molecule has 1 unspecified atom stereocenters. The lowest BCUT2D eigenvalue weighted by Crippen LogP contribution is -2.56. The molecule has 8 rings (SSSR count). The number of esters is 3. The Morgan fingerprint density at radius 2 is 0.800 bits per heavy atom. The summed E-state index contributed by atoms with van der Waals surface area (Å²) in [6.45, 7) is 11.9. The molecule has 6 aromatic rings. The van der Waals surface area contributed by atoms with Gasteiger partial charge in [0, 0.05) is 19.8 Å². The molecule has 0 bridgehead atoms. The van der Waals surface area contributed by atoms with E-state index >= 15 is 4.79 Å². The summed E-state index contributed by atoms with van der Waals surface area (Å²) >= 11 is 0. The van der Waals surface area contributed by atoms with Gasteiger partial charge in [0.1, 0.15) is 23.3 Å². The molecule has 0 fully saturated rings. The van der Waals surface area contributed by atoms with Crippen molar-refractivity contribution < 1.29 is 33.4 Å². The predicted octanol–water partition coefficient (Wildman–Crippen LogP) is 9.81. The molecule has 2 aliphatic carbocycles. The van der Waals surface area contributed by atoms with Gasteiger partial charge in [-0.2, -0.15) is 0 Å². The van der Waals surface area contributed by atoms with Gasteiger partial charge in [0.2, 0.25) is 0 Å². The second kappa shape index (κ2) is 17.7. The van der Waals surface area contributed by atoms with E-state index in [4.69, 9.17) is 14.2 Å². The summed E-state index contributed by atoms with van der Waals surface area (Å²) < 4.78 is 18.1. The fourth-order valence-electron chi connectivity index (χ4n) is 9.61. The standard InChI is InChI=1S/C56H56N2O7/c1-36(59)63-50(35-48(52(62)65-54(5,6)7)58-56(38-24-12-9-13-25-38)45-32-20-16-28-41(45)42-29-17-21-33-46(42)56)49(60)34-47(51(61)64-53(2,3)4)57-55(37-22-10-8-11-23-37)43-30-18-14-26-39(43)40-27-15-19-31-44(40)55/h8-33,47-48,50,57-58H,34-35H2,1-7H3/t47-,48-,50?/m0/s1. The monoisotopic (exact) mass is 868 g/mol. The molecule has 0 spiro atoms. The fraction of sp³-hybridized carbons (Fsp3) is 0.286. The number of fused-ring (bicyclic) bond motifs is 6. The lowest BCUT2D eigenvalue weighted by Gasteiger charge is -2.39. The number of hydrogen-bond donors (Lipinski definition) is 2. The lowest BCUT2D eigenvalue weighted by molar-refractivity contribution is -0.164. The average Bonchev–Trinajstić information content (AvgIpc) is 3.73. The Hall–Kier alpha value is -6.68. The van der Waals surface area contributed by atoms with E-state index in [0.29, 0.717) is 0 Å². The molecule has 0 aromatic heterocycles. The third-order valence-corrected chi connectivity index (χ3v) is 12.0. The first-order chi connectivity index (χ1) is 31.0. The Bertz CT molecular complexity index is 2640. The van der Waals surface area contributed by atoms with Gasteiger partial charge in [-0.3, -0.25) is 29.8 Å². The number of carbonyl (C=O) groups is 4. The van der Waals surface area contributed by atoms with Crippen LogP contribution in [-0.2, 0) is 44.5 Å².